The molecule has 0 spiro atoms. The molecule has 0 aliphatic carbocycles. The lowest BCUT2D eigenvalue weighted by atomic mass is 9.94. The minimum atomic E-state index is 0.0980. The summed E-state index contributed by atoms with van der Waals surface area (Å²) < 4.78 is 0. The Balaban J connectivity index is 2.13. The highest BCUT2D eigenvalue weighted by Crippen LogP contribution is 2.22. The van der Waals surface area contributed by atoms with Crippen LogP contribution in [0.15, 0.2) is 12.1 Å². The lowest BCUT2D eigenvalue weighted by Crippen LogP contribution is -2.38. The number of aromatic nitrogens is 1. The van der Waals surface area contributed by atoms with E-state index in [1.165, 1.54) is 6.42 Å². The molecule has 0 saturated carbocycles. The van der Waals surface area contributed by atoms with Gasteiger partial charge in [-0.2, -0.15) is 0 Å². The number of hydrogen-bond donors (Lipinski definition) is 2. The zero-order chi connectivity index (χ0) is 15.2. The van der Waals surface area contributed by atoms with Crippen molar-refractivity contribution in [2.45, 2.75) is 46.0 Å². The van der Waals surface area contributed by atoms with Crippen molar-refractivity contribution >= 4 is 11.7 Å². The van der Waals surface area contributed by atoms with Crippen LogP contribution in [0.4, 0.5) is 5.82 Å². The van der Waals surface area contributed by atoms with Crippen molar-refractivity contribution in [1.29, 1.82) is 0 Å². The van der Waals surface area contributed by atoms with Gasteiger partial charge >= 0.3 is 0 Å². The van der Waals surface area contributed by atoms with E-state index in [-0.39, 0.29) is 5.91 Å². The number of amides is 1. The van der Waals surface area contributed by atoms with Gasteiger partial charge in [0.1, 0.15) is 5.82 Å². The van der Waals surface area contributed by atoms with Gasteiger partial charge in [0.25, 0.3) is 5.91 Å². The number of rotatable bonds is 5. The molecule has 21 heavy (non-hydrogen) atoms. The van der Waals surface area contributed by atoms with Gasteiger partial charge in [-0.25, -0.2) is 10.8 Å². The van der Waals surface area contributed by atoms with E-state index in [9.17, 15) is 4.79 Å². The number of piperidine rings is 1. The van der Waals surface area contributed by atoms with Gasteiger partial charge in [-0.1, -0.05) is 26.7 Å². The molecule has 0 radical (unpaired) electrons. The van der Waals surface area contributed by atoms with Crippen LogP contribution in [0.3, 0.4) is 0 Å². The molecule has 1 fully saturated rings. The quantitative estimate of drug-likeness (QED) is 0.646. The second kappa shape index (κ2) is 7.41. The molecule has 3 N–H and O–H groups in total. The van der Waals surface area contributed by atoms with Crippen molar-refractivity contribution in [3.63, 3.8) is 0 Å². The number of hydrogen-bond acceptors (Lipinski definition) is 4. The standard InChI is InChI=1S/C16H26N4O/c1-3-5-14-10-13(11-15(18-14)19-17)16(21)20-8-6-12(4-2)7-9-20/h10-12H,3-9,17H2,1-2H3,(H,18,19). The molecule has 0 aromatic carbocycles. The molecule has 1 aromatic rings. The first kappa shape index (κ1) is 15.8. The number of nitrogens with one attached hydrogen (secondary N) is 1. The summed E-state index contributed by atoms with van der Waals surface area (Å²) in [4.78, 5) is 19.0. The van der Waals surface area contributed by atoms with Gasteiger partial charge < -0.3 is 10.3 Å². The van der Waals surface area contributed by atoms with Crippen LogP contribution < -0.4 is 11.3 Å². The maximum Gasteiger partial charge on any atom is 0.254 e. The summed E-state index contributed by atoms with van der Waals surface area (Å²) in [5.41, 5.74) is 4.17. The molecule has 0 unspecified atom stereocenters. The van der Waals surface area contributed by atoms with Crippen LogP contribution in [-0.4, -0.2) is 28.9 Å². The smallest absolute Gasteiger partial charge is 0.254 e. The molecular formula is C16H26N4O. The highest BCUT2D eigenvalue weighted by molar-refractivity contribution is 5.95. The highest BCUT2D eigenvalue weighted by atomic mass is 16.2. The number of carbonyl (C=O) groups excluding carboxylic acids is 1. The number of likely N-dealkylation sites (tertiary alicyclic amines) is 1. The SMILES string of the molecule is CCCc1cc(C(=O)N2CCC(CC)CC2)cc(NN)n1. The van der Waals surface area contributed by atoms with Gasteiger partial charge in [-0.3, -0.25) is 4.79 Å². The lowest BCUT2D eigenvalue weighted by molar-refractivity contribution is 0.0688. The molecule has 5 heteroatoms. The van der Waals surface area contributed by atoms with Gasteiger partial charge in [0, 0.05) is 24.3 Å². The maximum atomic E-state index is 12.6. The topological polar surface area (TPSA) is 71.2 Å². The van der Waals surface area contributed by atoms with Crippen LogP contribution in [0.25, 0.3) is 0 Å². The number of aryl methyl sites for hydroxylation is 1. The van der Waals surface area contributed by atoms with Crippen LogP contribution in [-0.2, 0) is 6.42 Å². The first-order valence-electron chi connectivity index (χ1n) is 7.94. The summed E-state index contributed by atoms with van der Waals surface area (Å²) in [6, 6.07) is 3.64. The van der Waals surface area contributed by atoms with E-state index in [1.807, 2.05) is 11.0 Å². The summed E-state index contributed by atoms with van der Waals surface area (Å²) in [5.74, 6) is 6.89. The summed E-state index contributed by atoms with van der Waals surface area (Å²) in [5, 5.41) is 0. The Bertz CT molecular complexity index is 481. The molecule has 1 saturated heterocycles. The maximum absolute atomic E-state index is 12.6. The normalized spacial score (nSPS) is 16.0. The molecule has 1 aromatic heterocycles. The third-order valence-corrected chi connectivity index (χ3v) is 4.26. The summed E-state index contributed by atoms with van der Waals surface area (Å²) in [6.45, 7) is 6.03. The van der Waals surface area contributed by atoms with E-state index in [0.29, 0.717) is 11.4 Å². The van der Waals surface area contributed by atoms with E-state index < -0.39 is 0 Å². The molecule has 0 atom stereocenters. The average molecular weight is 290 g/mol. The third-order valence-electron chi connectivity index (χ3n) is 4.26. The van der Waals surface area contributed by atoms with Gasteiger partial charge in [0.15, 0.2) is 0 Å². The van der Waals surface area contributed by atoms with Gasteiger partial charge in [0.05, 0.1) is 0 Å². The van der Waals surface area contributed by atoms with Crippen molar-refractivity contribution in [1.82, 2.24) is 9.88 Å². The minimum absolute atomic E-state index is 0.0980. The number of nitrogen functional groups attached to an aromatic ring is 1. The number of nitrogens with zero attached hydrogens (tertiary/aromatic N) is 2. The van der Waals surface area contributed by atoms with E-state index in [2.05, 4.69) is 24.3 Å². The van der Waals surface area contributed by atoms with Gasteiger partial charge in [-0.05, 0) is 37.3 Å². The van der Waals surface area contributed by atoms with E-state index in [1.54, 1.807) is 6.07 Å². The Morgan fingerprint density at radius 2 is 2.10 bits per heavy atom. The van der Waals surface area contributed by atoms with Crippen molar-refractivity contribution in [3.8, 4) is 0 Å². The monoisotopic (exact) mass is 290 g/mol. The molecule has 0 bridgehead atoms. The van der Waals surface area contributed by atoms with Gasteiger partial charge in [0.2, 0.25) is 0 Å². The van der Waals surface area contributed by atoms with Crippen LogP contribution in [0.2, 0.25) is 0 Å². The van der Waals surface area contributed by atoms with E-state index in [0.717, 1.165) is 50.4 Å². The Morgan fingerprint density at radius 3 is 2.67 bits per heavy atom. The van der Waals surface area contributed by atoms with E-state index in [4.69, 9.17) is 5.84 Å². The highest BCUT2D eigenvalue weighted by Gasteiger charge is 2.23. The lowest BCUT2D eigenvalue weighted by Gasteiger charge is -2.31. The number of anilines is 1. The Kier molecular flexibility index (Phi) is 5.56. The fraction of sp³-hybridized carbons (Fsp3) is 0.625. The molecule has 1 amide bonds. The molecule has 1 aliphatic heterocycles. The fourth-order valence-corrected chi connectivity index (χ4v) is 2.90. The third kappa shape index (κ3) is 3.94. The first-order valence-corrected chi connectivity index (χ1v) is 7.94. The average Bonchev–Trinajstić information content (AvgIpc) is 2.54. The summed E-state index contributed by atoms with van der Waals surface area (Å²) in [6.07, 6.45) is 5.28. The van der Waals surface area contributed by atoms with Crippen molar-refractivity contribution in [3.05, 3.63) is 23.4 Å². The number of hydrazine groups is 1. The number of nitrogens with two attached hydrogens (primary N) is 1. The molecule has 2 heterocycles. The van der Waals surface area contributed by atoms with Crippen LogP contribution in [0.5, 0.6) is 0 Å². The molecule has 1 aliphatic rings. The van der Waals surface area contributed by atoms with Crippen molar-refractivity contribution < 1.29 is 4.79 Å². The molecular weight excluding hydrogens is 264 g/mol. The predicted octanol–water partition coefficient (Wildman–Crippen LogP) is 2.58. The molecule has 2 rings (SSSR count). The Morgan fingerprint density at radius 1 is 1.38 bits per heavy atom. The summed E-state index contributed by atoms with van der Waals surface area (Å²) in [7, 11) is 0. The van der Waals surface area contributed by atoms with Crippen LogP contribution >= 0.6 is 0 Å². The zero-order valence-corrected chi connectivity index (χ0v) is 13.1. The summed E-state index contributed by atoms with van der Waals surface area (Å²) >= 11 is 0. The molecule has 116 valence electrons. The van der Waals surface area contributed by atoms with Crippen LogP contribution in [0.1, 0.15) is 55.6 Å². The Labute approximate surface area is 126 Å². The first-order chi connectivity index (χ1) is 10.2. The minimum Gasteiger partial charge on any atom is -0.339 e. The number of pyridine rings is 1. The van der Waals surface area contributed by atoms with Crippen molar-refractivity contribution in [2.75, 3.05) is 18.5 Å². The fourth-order valence-electron chi connectivity index (χ4n) is 2.90. The largest absolute Gasteiger partial charge is 0.339 e. The second-order valence-electron chi connectivity index (χ2n) is 5.77. The van der Waals surface area contributed by atoms with Gasteiger partial charge in [-0.15, -0.1) is 0 Å². The Hall–Kier alpha value is -1.62. The number of carbonyl (C=O) groups is 1. The van der Waals surface area contributed by atoms with E-state index >= 15 is 0 Å². The second-order valence-corrected chi connectivity index (χ2v) is 5.77. The van der Waals surface area contributed by atoms with Crippen LogP contribution in [0, 0.1) is 5.92 Å². The zero-order valence-electron chi connectivity index (χ0n) is 13.1. The van der Waals surface area contributed by atoms with Crippen molar-refractivity contribution in [2.24, 2.45) is 11.8 Å². The molecule has 5 nitrogen and oxygen atoms in total. The predicted molar refractivity (Wildman–Crippen MR) is 85.0 cm³/mol.